The van der Waals surface area contributed by atoms with Crippen LogP contribution in [0.2, 0.25) is 0 Å². The standard InChI is InChI=1S/C10H21N/c1-6-8-10(3,4)9(7-2)11-5/h6,8-9,11H,7H2,1-5H3/b8-6-. The van der Waals surface area contributed by atoms with Crippen molar-refractivity contribution in [2.75, 3.05) is 7.05 Å². The number of rotatable bonds is 4. The van der Waals surface area contributed by atoms with Gasteiger partial charge < -0.3 is 5.32 Å². The summed E-state index contributed by atoms with van der Waals surface area (Å²) in [7, 11) is 2.03. The van der Waals surface area contributed by atoms with E-state index in [1.54, 1.807) is 0 Å². The Morgan fingerprint density at radius 1 is 1.45 bits per heavy atom. The molecule has 0 radical (unpaired) electrons. The van der Waals surface area contributed by atoms with Crippen LogP contribution in [-0.4, -0.2) is 13.1 Å². The molecule has 11 heavy (non-hydrogen) atoms. The Kier molecular flexibility index (Phi) is 4.43. The van der Waals surface area contributed by atoms with Crippen molar-refractivity contribution in [1.29, 1.82) is 0 Å². The van der Waals surface area contributed by atoms with Gasteiger partial charge in [-0.2, -0.15) is 0 Å². The van der Waals surface area contributed by atoms with E-state index in [4.69, 9.17) is 0 Å². The Bertz CT molecular complexity index is 121. The zero-order valence-electron chi connectivity index (χ0n) is 8.44. The first-order chi connectivity index (χ1) is 5.08. The second-order valence-corrected chi connectivity index (χ2v) is 3.57. The molecule has 0 heterocycles. The van der Waals surface area contributed by atoms with E-state index in [1.807, 2.05) is 7.05 Å². The highest BCUT2D eigenvalue weighted by molar-refractivity contribution is 4.99. The summed E-state index contributed by atoms with van der Waals surface area (Å²) in [4.78, 5) is 0. The highest BCUT2D eigenvalue weighted by atomic mass is 14.9. The Balaban J connectivity index is 4.23. The molecular formula is C10H21N. The second kappa shape index (κ2) is 4.55. The van der Waals surface area contributed by atoms with Gasteiger partial charge in [0.25, 0.3) is 0 Å². The van der Waals surface area contributed by atoms with Crippen LogP contribution >= 0.6 is 0 Å². The Labute approximate surface area is 70.9 Å². The minimum absolute atomic E-state index is 0.276. The molecule has 0 rings (SSSR count). The molecule has 0 aromatic rings. The highest BCUT2D eigenvalue weighted by Crippen LogP contribution is 2.24. The topological polar surface area (TPSA) is 12.0 Å². The van der Waals surface area contributed by atoms with Gasteiger partial charge in [0.05, 0.1) is 0 Å². The quantitative estimate of drug-likeness (QED) is 0.615. The van der Waals surface area contributed by atoms with Crippen LogP contribution in [0, 0.1) is 5.41 Å². The predicted molar refractivity (Wildman–Crippen MR) is 51.7 cm³/mol. The second-order valence-electron chi connectivity index (χ2n) is 3.57. The number of allylic oxidation sites excluding steroid dienone is 1. The van der Waals surface area contributed by atoms with Gasteiger partial charge in [-0.05, 0) is 25.8 Å². The van der Waals surface area contributed by atoms with E-state index < -0.39 is 0 Å². The van der Waals surface area contributed by atoms with Crippen molar-refractivity contribution < 1.29 is 0 Å². The number of hydrogen-bond acceptors (Lipinski definition) is 1. The minimum atomic E-state index is 0.276. The smallest absolute Gasteiger partial charge is 0.0147 e. The van der Waals surface area contributed by atoms with E-state index in [-0.39, 0.29) is 5.41 Å². The van der Waals surface area contributed by atoms with Gasteiger partial charge in [-0.3, -0.25) is 0 Å². The first-order valence-electron chi connectivity index (χ1n) is 4.39. The van der Waals surface area contributed by atoms with E-state index in [1.165, 1.54) is 6.42 Å². The largest absolute Gasteiger partial charge is 0.316 e. The van der Waals surface area contributed by atoms with Gasteiger partial charge in [0.1, 0.15) is 0 Å². The average Bonchev–Trinajstić information content (AvgIpc) is 1.89. The molecule has 0 amide bonds. The maximum Gasteiger partial charge on any atom is 0.0147 e. The molecule has 0 aromatic carbocycles. The van der Waals surface area contributed by atoms with Crippen molar-refractivity contribution in [3.63, 3.8) is 0 Å². The third kappa shape index (κ3) is 3.06. The van der Waals surface area contributed by atoms with Gasteiger partial charge in [-0.1, -0.05) is 32.9 Å². The predicted octanol–water partition coefficient (Wildman–Crippen LogP) is 2.59. The summed E-state index contributed by atoms with van der Waals surface area (Å²) in [5, 5.41) is 3.33. The van der Waals surface area contributed by atoms with Gasteiger partial charge in [0.15, 0.2) is 0 Å². The summed E-state index contributed by atoms with van der Waals surface area (Å²) in [6.07, 6.45) is 5.56. The van der Waals surface area contributed by atoms with Crippen molar-refractivity contribution in [3.05, 3.63) is 12.2 Å². The monoisotopic (exact) mass is 155 g/mol. The van der Waals surface area contributed by atoms with Crippen LogP contribution in [0.3, 0.4) is 0 Å². The maximum absolute atomic E-state index is 3.33. The van der Waals surface area contributed by atoms with E-state index in [2.05, 4.69) is 45.2 Å². The van der Waals surface area contributed by atoms with Crippen LogP contribution in [0.25, 0.3) is 0 Å². The van der Waals surface area contributed by atoms with Crippen molar-refractivity contribution in [1.82, 2.24) is 5.32 Å². The lowest BCUT2D eigenvalue weighted by Crippen LogP contribution is -2.38. The molecule has 0 saturated carbocycles. The van der Waals surface area contributed by atoms with E-state index in [9.17, 15) is 0 Å². The van der Waals surface area contributed by atoms with Crippen LogP contribution in [0.5, 0.6) is 0 Å². The minimum Gasteiger partial charge on any atom is -0.316 e. The van der Waals surface area contributed by atoms with Crippen LogP contribution in [0.15, 0.2) is 12.2 Å². The molecule has 0 aromatic heterocycles. The summed E-state index contributed by atoms with van der Waals surface area (Å²) in [5.41, 5.74) is 0.276. The van der Waals surface area contributed by atoms with E-state index in [0.717, 1.165) is 0 Å². The zero-order valence-corrected chi connectivity index (χ0v) is 8.44. The van der Waals surface area contributed by atoms with Crippen molar-refractivity contribution >= 4 is 0 Å². The molecular weight excluding hydrogens is 134 g/mol. The Hall–Kier alpha value is -0.300. The van der Waals surface area contributed by atoms with Crippen molar-refractivity contribution in [3.8, 4) is 0 Å². The zero-order chi connectivity index (χ0) is 8.91. The molecule has 0 spiro atoms. The van der Waals surface area contributed by atoms with Gasteiger partial charge in [0, 0.05) is 6.04 Å². The number of nitrogens with one attached hydrogen (secondary N) is 1. The fraction of sp³-hybridized carbons (Fsp3) is 0.800. The molecule has 0 aliphatic carbocycles. The summed E-state index contributed by atoms with van der Waals surface area (Å²) in [5.74, 6) is 0. The molecule has 0 saturated heterocycles. The molecule has 66 valence electrons. The molecule has 1 unspecified atom stereocenters. The molecule has 1 nitrogen and oxygen atoms in total. The van der Waals surface area contributed by atoms with Gasteiger partial charge in [-0.15, -0.1) is 0 Å². The van der Waals surface area contributed by atoms with Crippen LogP contribution in [0.4, 0.5) is 0 Å². The molecule has 1 N–H and O–H groups in total. The fourth-order valence-electron chi connectivity index (χ4n) is 1.65. The summed E-state index contributed by atoms with van der Waals surface area (Å²) in [6, 6.07) is 0.582. The molecule has 0 fully saturated rings. The van der Waals surface area contributed by atoms with Crippen LogP contribution < -0.4 is 5.32 Å². The van der Waals surface area contributed by atoms with Crippen LogP contribution in [0.1, 0.15) is 34.1 Å². The highest BCUT2D eigenvalue weighted by Gasteiger charge is 2.22. The van der Waals surface area contributed by atoms with Crippen molar-refractivity contribution in [2.24, 2.45) is 5.41 Å². The summed E-state index contributed by atoms with van der Waals surface area (Å²) >= 11 is 0. The molecule has 0 aliphatic rings. The summed E-state index contributed by atoms with van der Waals surface area (Å²) < 4.78 is 0. The lowest BCUT2D eigenvalue weighted by Gasteiger charge is -2.30. The third-order valence-corrected chi connectivity index (χ3v) is 2.25. The van der Waals surface area contributed by atoms with Crippen molar-refractivity contribution in [2.45, 2.75) is 40.2 Å². The Morgan fingerprint density at radius 2 is 2.00 bits per heavy atom. The van der Waals surface area contributed by atoms with Gasteiger partial charge in [0.2, 0.25) is 0 Å². The molecule has 0 aliphatic heterocycles. The Morgan fingerprint density at radius 3 is 2.27 bits per heavy atom. The maximum atomic E-state index is 3.33. The normalized spacial score (nSPS) is 15.7. The molecule has 1 atom stereocenters. The van der Waals surface area contributed by atoms with Gasteiger partial charge >= 0.3 is 0 Å². The average molecular weight is 155 g/mol. The first kappa shape index (κ1) is 10.7. The molecule has 1 heteroatoms. The van der Waals surface area contributed by atoms with E-state index in [0.29, 0.717) is 6.04 Å². The lowest BCUT2D eigenvalue weighted by atomic mass is 9.83. The third-order valence-electron chi connectivity index (χ3n) is 2.25. The first-order valence-corrected chi connectivity index (χ1v) is 4.39. The van der Waals surface area contributed by atoms with Crippen LogP contribution in [-0.2, 0) is 0 Å². The molecule has 0 bridgehead atoms. The van der Waals surface area contributed by atoms with E-state index >= 15 is 0 Å². The van der Waals surface area contributed by atoms with Gasteiger partial charge in [-0.25, -0.2) is 0 Å². The SMILES string of the molecule is C/C=C\C(C)(C)C(CC)NC. The lowest BCUT2D eigenvalue weighted by molar-refractivity contribution is 0.317. The number of hydrogen-bond donors (Lipinski definition) is 1. The summed E-state index contributed by atoms with van der Waals surface area (Å²) in [6.45, 7) is 8.81. The fourth-order valence-corrected chi connectivity index (χ4v) is 1.65.